The van der Waals surface area contributed by atoms with Crippen LogP contribution in [0.2, 0.25) is 5.02 Å². The third kappa shape index (κ3) is 4.96. The van der Waals surface area contributed by atoms with Crippen molar-refractivity contribution in [1.29, 1.82) is 0 Å². The molecule has 3 nitrogen and oxygen atoms in total. The van der Waals surface area contributed by atoms with Crippen LogP contribution in [0.15, 0.2) is 42.5 Å². The molecule has 0 aliphatic heterocycles. The Hall–Kier alpha value is -1.71. The summed E-state index contributed by atoms with van der Waals surface area (Å²) in [6.45, 7) is 4.31. The topological polar surface area (TPSA) is 41.5 Å². The molecule has 0 saturated carbocycles. The summed E-state index contributed by atoms with van der Waals surface area (Å²) in [6, 6.07) is 12.8. The number of nitrogens with one attached hydrogen (secondary N) is 1. The first kappa shape index (κ1) is 15.7. The van der Waals surface area contributed by atoms with Crippen LogP contribution in [0.1, 0.15) is 24.5 Å². The second-order valence-corrected chi connectivity index (χ2v) is 5.31. The Morgan fingerprint density at radius 1 is 1.14 bits per heavy atom. The maximum Gasteiger partial charge on any atom is 0.138 e. The van der Waals surface area contributed by atoms with Crippen LogP contribution in [0.4, 0.5) is 0 Å². The van der Waals surface area contributed by atoms with E-state index in [1.165, 1.54) is 0 Å². The van der Waals surface area contributed by atoms with E-state index in [9.17, 15) is 5.11 Å². The molecule has 0 aliphatic rings. The highest BCUT2D eigenvalue weighted by Crippen LogP contribution is 2.26. The predicted octanol–water partition coefficient (Wildman–Crippen LogP) is 4.12. The van der Waals surface area contributed by atoms with Gasteiger partial charge in [-0.25, -0.2) is 0 Å². The minimum atomic E-state index is 0.236. The fourth-order valence-electron chi connectivity index (χ4n) is 1.99. The van der Waals surface area contributed by atoms with Gasteiger partial charge in [0.05, 0.1) is 5.02 Å². The van der Waals surface area contributed by atoms with E-state index >= 15 is 0 Å². The normalized spacial score (nSPS) is 10.6. The first-order chi connectivity index (χ1) is 10.2. The zero-order chi connectivity index (χ0) is 15.1. The molecule has 4 heteroatoms. The van der Waals surface area contributed by atoms with Crippen molar-refractivity contribution in [2.75, 3.05) is 6.54 Å². The highest BCUT2D eigenvalue weighted by Gasteiger charge is 2.04. The molecule has 2 aromatic carbocycles. The zero-order valence-electron chi connectivity index (χ0n) is 12.1. The first-order valence-corrected chi connectivity index (χ1v) is 7.46. The molecule has 0 fully saturated rings. The molecule has 2 N–H and O–H groups in total. The van der Waals surface area contributed by atoms with Crippen LogP contribution in [0.5, 0.6) is 11.5 Å². The number of benzene rings is 2. The van der Waals surface area contributed by atoms with Gasteiger partial charge in [0, 0.05) is 6.54 Å². The molecule has 0 aliphatic carbocycles. The molecular formula is C17H20ClNO2. The molecule has 0 saturated heterocycles. The van der Waals surface area contributed by atoms with Crippen molar-refractivity contribution in [3.63, 3.8) is 0 Å². The number of ether oxygens (including phenoxy) is 1. The van der Waals surface area contributed by atoms with E-state index in [1.54, 1.807) is 18.2 Å². The molecule has 0 radical (unpaired) electrons. The van der Waals surface area contributed by atoms with Crippen LogP contribution in [0.25, 0.3) is 0 Å². The van der Waals surface area contributed by atoms with Crippen molar-refractivity contribution < 1.29 is 9.84 Å². The van der Waals surface area contributed by atoms with Crippen molar-refractivity contribution in [2.45, 2.75) is 26.5 Å². The van der Waals surface area contributed by atoms with E-state index in [-0.39, 0.29) is 5.75 Å². The summed E-state index contributed by atoms with van der Waals surface area (Å²) in [7, 11) is 0. The van der Waals surface area contributed by atoms with Gasteiger partial charge in [0.15, 0.2) is 0 Å². The van der Waals surface area contributed by atoms with Crippen LogP contribution in [-0.2, 0) is 13.2 Å². The molecule has 0 spiro atoms. The molecule has 0 bridgehead atoms. The Morgan fingerprint density at radius 2 is 2.00 bits per heavy atom. The van der Waals surface area contributed by atoms with Crippen molar-refractivity contribution in [3.05, 3.63) is 58.6 Å². The molecule has 0 atom stereocenters. The molecule has 0 heterocycles. The second-order valence-electron chi connectivity index (χ2n) is 4.90. The summed E-state index contributed by atoms with van der Waals surface area (Å²) < 4.78 is 5.70. The molecule has 0 aromatic heterocycles. The van der Waals surface area contributed by atoms with E-state index in [1.807, 2.05) is 24.3 Å². The van der Waals surface area contributed by atoms with Gasteiger partial charge in [0.25, 0.3) is 0 Å². The number of hydrogen-bond acceptors (Lipinski definition) is 3. The fourth-order valence-corrected chi connectivity index (χ4v) is 2.25. The smallest absolute Gasteiger partial charge is 0.138 e. The lowest BCUT2D eigenvalue weighted by Crippen LogP contribution is -2.13. The van der Waals surface area contributed by atoms with Crippen LogP contribution >= 0.6 is 11.6 Å². The fraction of sp³-hybridized carbons (Fsp3) is 0.294. The highest BCUT2D eigenvalue weighted by molar-refractivity contribution is 6.32. The van der Waals surface area contributed by atoms with Gasteiger partial charge in [-0.3, -0.25) is 0 Å². The Bertz CT molecular complexity index is 587. The van der Waals surface area contributed by atoms with E-state index in [0.717, 1.165) is 30.6 Å². The second kappa shape index (κ2) is 7.91. The van der Waals surface area contributed by atoms with Gasteiger partial charge in [-0.05, 0) is 48.4 Å². The average molecular weight is 306 g/mol. The minimum absolute atomic E-state index is 0.236. The third-order valence-electron chi connectivity index (χ3n) is 3.06. The van der Waals surface area contributed by atoms with Gasteiger partial charge >= 0.3 is 0 Å². The molecule has 21 heavy (non-hydrogen) atoms. The van der Waals surface area contributed by atoms with E-state index in [0.29, 0.717) is 17.4 Å². The minimum Gasteiger partial charge on any atom is -0.508 e. The maximum atomic E-state index is 9.42. The quantitative estimate of drug-likeness (QED) is 0.756. The summed E-state index contributed by atoms with van der Waals surface area (Å²) in [6.07, 6.45) is 1.11. The van der Waals surface area contributed by atoms with Gasteiger partial charge in [-0.2, -0.15) is 0 Å². The predicted molar refractivity (Wildman–Crippen MR) is 85.9 cm³/mol. The van der Waals surface area contributed by atoms with Crippen molar-refractivity contribution in [2.24, 2.45) is 0 Å². The first-order valence-electron chi connectivity index (χ1n) is 7.09. The van der Waals surface area contributed by atoms with Crippen LogP contribution in [0, 0.1) is 0 Å². The maximum absolute atomic E-state index is 9.42. The van der Waals surface area contributed by atoms with Crippen LogP contribution in [0.3, 0.4) is 0 Å². The van der Waals surface area contributed by atoms with E-state index in [2.05, 4.69) is 12.2 Å². The van der Waals surface area contributed by atoms with Crippen molar-refractivity contribution in [3.8, 4) is 11.5 Å². The molecular weight excluding hydrogens is 286 g/mol. The van der Waals surface area contributed by atoms with Gasteiger partial charge in [0.1, 0.15) is 18.1 Å². The number of halogens is 1. The summed E-state index contributed by atoms with van der Waals surface area (Å²) in [4.78, 5) is 0. The molecule has 0 amide bonds. The summed E-state index contributed by atoms with van der Waals surface area (Å²) in [5.41, 5.74) is 2.04. The zero-order valence-corrected chi connectivity index (χ0v) is 12.9. The van der Waals surface area contributed by atoms with Gasteiger partial charge in [0.2, 0.25) is 0 Å². The number of hydrogen-bond donors (Lipinski definition) is 2. The number of phenols is 1. The van der Waals surface area contributed by atoms with Crippen LogP contribution < -0.4 is 10.1 Å². The molecule has 0 unspecified atom stereocenters. The van der Waals surface area contributed by atoms with Crippen molar-refractivity contribution >= 4 is 11.6 Å². The number of rotatable bonds is 7. The Kier molecular flexibility index (Phi) is 5.90. The van der Waals surface area contributed by atoms with E-state index < -0.39 is 0 Å². The average Bonchev–Trinajstić information content (AvgIpc) is 2.47. The lowest BCUT2D eigenvalue weighted by atomic mass is 10.2. The van der Waals surface area contributed by atoms with Gasteiger partial charge in [-0.1, -0.05) is 36.7 Å². The summed E-state index contributed by atoms with van der Waals surface area (Å²) in [5, 5.41) is 13.4. The Labute approximate surface area is 130 Å². The number of phenolic OH excluding ortho intramolecular Hbond substituents is 1. The lowest BCUT2D eigenvalue weighted by molar-refractivity contribution is 0.305. The van der Waals surface area contributed by atoms with Crippen LogP contribution in [-0.4, -0.2) is 11.7 Å². The van der Waals surface area contributed by atoms with Gasteiger partial charge in [-0.15, -0.1) is 0 Å². The SMILES string of the molecule is CCCNCc1ccc(OCc2cccc(O)c2)c(Cl)c1. The third-order valence-corrected chi connectivity index (χ3v) is 3.35. The van der Waals surface area contributed by atoms with E-state index in [4.69, 9.17) is 16.3 Å². The highest BCUT2D eigenvalue weighted by atomic mass is 35.5. The summed E-state index contributed by atoms with van der Waals surface area (Å²) >= 11 is 6.24. The lowest BCUT2D eigenvalue weighted by Gasteiger charge is -2.10. The standard InChI is InChI=1S/C17H20ClNO2/c1-2-8-19-11-13-6-7-17(16(18)10-13)21-12-14-4-3-5-15(20)9-14/h3-7,9-10,19-20H,2,8,11-12H2,1H3. The largest absolute Gasteiger partial charge is 0.508 e. The number of aromatic hydroxyl groups is 1. The van der Waals surface area contributed by atoms with Gasteiger partial charge < -0.3 is 15.2 Å². The molecule has 112 valence electrons. The Balaban J connectivity index is 1.94. The van der Waals surface area contributed by atoms with Crippen molar-refractivity contribution in [1.82, 2.24) is 5.32 Å². The monoisotopic (exact) mass is 305 g/mol. The molecule has 2 rings (SSSR count). The Morgan fingerprint density at radius 3 is 2.71 bits per heavy atom. The molecule has 2 aromatic rings. The summed E-state index contributed by atoms with van der Waals surface area (Å²) in [5.74, 6) is 0.888.